The number of nitrogens with zero attached hydrogens (tertiary/aromatic N) is 1. The molecule has 122 valence electrons. The summed E-state index contributed by atoms with van der Waals surface area (Å²) in [6.07, 6.45) is 1.48. The summed E-state index contributed by atoms with van der Waals surface area (Å²) in [5.74, 6) is 0.851. The number of nitrogens with one attached hydrogen (secondary N) is 1. The zero-order valence-corrected chi connectivity index (χ0v) is 13.3. The number of fused-ring (bicyclic) bond motifs is 1. The number of benzene rings is 1. The molecule has 0 saturated carbocycles. The fourth-order valence-corrected chi connectivity index (χ4v) is 3.37. The van der Waals surface area contributed by atoms with Crippen LogP contribution in [0, 0.1) is 0 Å². The van der Waals surface area contributed by atoms with E-state index < -0.39 is 10.0 Å². The van der Waals surface area contributed by atoms with Gasteiger partial charge in [0.2, 0.25) is 15.9 Å². The lowest BCUT2D eigenvalue weighted by Crippen LogP contribution is -2.36. The van der Waals surface area contributed by atoms with E-state index in [0.717, 1.165) is 0 Å². The van der Waals surface area contributed by atoms with Crippen LogP contribution in [0.2, 0.25) is 0 Å². The van der Waals surface area contributed by atoms with Crippen molar-refractivity contribution >= 4 is 21.6 Å². The number of amides is 1. The van der Waals surface area contributed by atoms with Crippen LogP contribution in [0.4, 0.5) is 5.69 Å². The number of anilines is 1. The highest BCUT2D eigenvalue weighted by Gasteiger charge is 2.24. The Morgan fingerprint density at radius 1 is 1.35 bits per heavy atom. The molecule has 2 aromatic rings. The van der Waals surface area contributed by atoms with Gasteiger partial charge in [0, 0.05) is 6.92 Å². The largest absolute Gasteiger partial charge is 0.490 e. The predicted molar refractivity (Wildman–Crippen MR) is 82.7 cm³/mol. The molecular weight excluding hydrogens is 320 g/mol. The third-order valence-corrected chi connectivity index (χ3v) is 4.90. The molecule has 1 aliphatic rings. The molecule has 7 nitrogen and oxygen atoms in total. The first kappa shape index (κ1) is 15.6. The molecule has 1 aliphatic heterocycles. The molecule has 0 saturated heterocycles. The van der Waals surface area contributed by atoms with E-state index in [-0.39, 0.29) is 17.3 Å². The van der Waals surface area contributed by atoms with Crippen molar-refractivity contribution in [2.75, 3.05) is 18.1 Å². The van der Waals surface area contributed by atoms with Crippen LogP contribution in [0.15, 0.2) is 45.9 Å². The van der Waals surface area contributed by atoms with Gasteiger partial charge in [-0.3, -0.25) is 4.79 Å². The average molecular weight is 336 g/mol. The molecule has 0 fully saturated rings. The Labute approximate surface area is 133 Å². The molecule has 0 bridgehead atoms. The van der Waals surface area contributed by atoms with E-state index >= 15 is 0 Å². The highest BCUT2D eigenvalue weighted by Crippen LogP contribution is 2.33. The van der Waals surface area contributed by atoms with Crippen molar-refractivity contribution in [3.63, 3.8) is 0 Å². The molecule has 1 amide bonds. The van der Waals surface area contributed by atoms with Gasteiger partial charge < -0.3 is 14.1 Å². The molecule has 1 N–H and O–H groups in total. The summed E-state index contributed by atoms with van der Waals surface area (Å²) in [6, 6.07) is 7.82. The SMILES string of the molecule is CC(=O)N1CCOc2ccc(S(=O)(=O)NCc3ccco3)cc21. The Kier molecular flexibility index (Phi) is 4.10. The van der Waals surface area contributed by atoms with Crippen LogP contribution in [0.25, 0.3) is 0 Å². The van der Waals surface area contributed by atoms with Crippen LogP contribution in [-0.4, -0.2) is 27.5 Å². The molecule has 3 rings (SSSR count). The van der Waals surface area contributed by atoms with E-state index in [9.17, 15) is 13.2 Å². The van der Waals surface area contributed by atoms with Crippen LogP contribution in [0.5, 0.6) is 5.75 Å². The quantitative estimate of drug-likeness (QED) is 0.914. The maximum Gasteiger partial charge on any atom is 0.241 e. The van der Waals surface area contributed by atoms with Gasteiger partial charge >= 0.3 is 0 Å². The lowest BCUT2D eigenvalue weighted by Gasteiger charge is -2.29. The van der Waals surface area contributed by atoms with Crippen molar-refractivity contribution in [1.82, 2.24) is 4.72 Å². The lowest BCUT2D eigenvalue weighted by atomic mass is 10.2. The van der Waals surface area contributed by atoms with Gasteiger partial charge in [-0.2, -0.15) is 0 Å². The minimum absolute atomic E-state index is 0.0549. The number of hydrogen-bond donors (Lipinski definition) is 1. The minimum atomic E-state index is -3.72. The molecule has 23 heavy (non-hydrogen) atoms. The van der Waals surface area contributed by atoms with Gasteiger partial charge in [0.05, 0.1) is 29.9 Å². The summed E-state index contributed by atoms with van der Waals surface area (Å²) in [4.78, 5) is 13.3. The Morgan fingerprint density at radius 3 is 2.87 bits per heavy atom. The predicted octanol–water partition coefficient (Wildman–Crippen LogP) is 1.50. The number of furan rings is 1. The molecule has 0 atom stereocenters. The Morgan fingerprint density at radius 2 is 2.17 bits per heavy atom. The van der Waals surface area contributed by atoms with Gasteiger partial charge in [-0.05, 0) is 30.3 Å². The fraction of sp³-hybridized carbons (Fsp3) is 0.267. The molecule has 2 heterocycles. The molecule has 8 heteroatoms. The van der Waals surface area contributed by atoms with Gasteiger partial charge in [0.1, 0.15) is 18.1 Å². The third-order valence-electron chi connectivity index (χ3n) is 3.50. The van der Waals surface area contributed by atoms with E-state index in [4.69, 9.17) is 9.15 Å². The van der Waals surface area contributed by atoms with Crippen molar-refractivity contribution < 1.29 is 22.4 Å². The van der Waals surface area contributed by atoms with Crippen molar-refractivity contribution in [3.8, 4) is 5.75 Å². The standard InChI is InChI=1S/C15H16N2O5S/c1-11(18)17-6-8-22-15-5-4-13(9-14(15)17)23(19,20)16-10-12-3-2-7-21-12/h2-5,7,9,16H,6,8,10H2,1H3. The number of carbonyl (C=O) groups excluding carboxylic acids is 1. The molecule has 0 spiro atoms. The zero-order valence-electron chi connectivity index (χ0n) is 12.5. The highest BCUT2D eigenvalue weighted by molar-refractivity contribution is 7.89. The summed E-state index contributed by atoms with van der Waals surface area (Å²) in [6.45, 7) is 2.27. The molecule has 0 radical (unpaired) electrons. The fourth-order valence-electron chi connectivity index (χ4n) is 2.35. The highest BCUT2D eigenvalue weighted by atomic mass is 32.2. The van der Waals surface area contributed by atoms with Gasteiger partial charge in [-0.15, -0.1) is 0 Å². The summed E-state index contributed by atoms with van der Waals surface area (Å²) >= 11 is 0. The van der Waals surface area contributed by atoms with Crippen LogP contribution >= 0.6 is 0 Å². The zero-order chi connectivity index (χ0) is 16.4. The minimum Gasteiger partial charge on any atom is -0.490 e. The van der Waals surface area contributed by atoms with E-state index in [1.54, 1.807) is 18.2 Å². The molecule has 1 aromatic carbocycles. The summed E-state index contributed by atoms with van der Waals surface area (Å²) in [5.41, 5.74) is 0.463. The Bertz CT molecular complexity index is 814. The Hall–Kier alpha value is -2.32. The first-order chi connectivity index (χ1) is 11.0. The van der Waals surface area contributed by atoms with E-state index in [1.807, 2.05) is 0 Å². The maximum atomic E-state index is 12.4. The second-order valence-electron chi connectivity index (χ2n) is 5.05. The van der Waals surface area contributed by atoms with Gasteiger partial charge in [-0.25, -0.2) is 13.1 Å². The van der Waals surface area contributed by atoms with Crippen LogP contribution in [0.3, 0.4) is 0 Å². The summed E-state index contributed by atoms with van der Waals surface area (Å²) < 4.78 is 37.8. The van der Waals surface area contributed by atoms with Crippen LogP contribution in [0.1, 0.15) is 12.7 Å². The normalized spacial score (nSPS) is 14.2. The number of sulfonamides is 1. The van der Waals surface area contributed by atoms with Crippen molar-refractivity contribution in [1.29, 1.82) is 0 Å². The molecule has 0 unspecified atom stereocenters. The van der Waals surface area contributed by atoms with Gasteiger partial charge in [0.15, 0.2) is 0 Å². The number of ether oxygens (including phenoxy) is 1. The first-order valence-electron chi connectivity index (χ1n) is 7.04. The first-order valence-corrected chi connectivity index (χ1v) is 8.53. The van der Waals surface area contributed by atoms with E-state index in [2.05, 4.69) is 4.72 Å². The lowest BCUT2D eigenvalue weighted by molar-refractivity contribution is -0.116. The Balaban J connectivity index is 1.88. The van der Waals surface area contributed by atoms with E-state index in [0.29, 0.717) is 30.3 Å². The van der Waals surface area contributed by atoms with Gasteiger partial charge in [-0.1, -0.05) is 0 Å². The second kappa shape index (κ2) is 6.05. The van der Waals surface area contributed by atoms with Crippen molar-refractivity contribution in [2.24, 2.45) is 0 Å². The summed E-state index contributed by atoms with van der Waals surface area (Å²) in [7, 11) is -3.72. The third kappa shape index (κ3) is 3.22. The van der Waals surface area contributed by atoms with Gasteiger partial charge in [0.25, 0.3) is 0 Å². The summed E-state index contributed by atoms with van der Waals surface area (Å²) in [5, 5.41) is 0. The average Bonchev–Trinajstić information content (AvgIpc) is 3.05. The van der Waals surface area contributed by atoms with E-state index in [1.165, 1.54) is 30.2 Å². The number of hydrogen-bond acceptors (Lipinski definition) is 5. The smallest absolute Gasteiger partial charge is 0.241 e. The van der Waals surface area contributed by atoms with Crippen molar-refractivity contribution in [2.45, 2.75) is 18.4 Å². The van der Waals surface area contributed by atoms with Crippen LogP contribution < -0.4 is 14.4 Å². The monoisotopic (exact) mass is 336 g/mol. The molecule has 0 aliphatic carbocycles. The second-order valence-corrected chi connectivity index (χ2v) is 6.82. The maximum absolute atomic E-state index is 12.4. The van der Waals surface area contributed by atoms with Crippen molar-refractivity contribution in [3.05, 3.63) is 42.4 Å². The number of rotatable bonds is 4. The van der Waals surface area contributed by atoms with Crippen LogP contribution in [-0.2, 0) is 21.4 Å². The number of carbonyl (C=O) groups is 1. The molecule has 1 aromatic heterocycles. The topological polar surface area (TPSA) is 88.8 Å². The molecular formula is C15H16N2O5S.